The van der Waals surface area contributed by atoms with Crippen LogP contribution in [0.1, 0.15) is 32.3 Å². The number of benzene rings is 2. The second-order valence-corrected chi connectivity index (χ2v) is 10.9. The quantitative estimate of drug-likeness (QED) is 0.588. The average molecular weight is 473 g/mol. The normalized spacial score (nSPS) is 17.1. The Bertz CT molecular complexity index is 1200. The molecule has 0 saturated carbocycles. The smallest absolute Gasteiger partial charge is 0.323 e. The van der Waals surface area contributed by atoms with Crippen molar-refractivity contribution in [2.24, 2.45) is 0 Å². The van der Waals surface area contributed by atoms with Gasteiger partial charge >= 0.3 is 6.03 Å². The highest BCUT2D eigenvalue weighted by atomic mass is 32.2. The molecule has 0 bridgehead atoms. The van der Waals surface area contributed by atoms with Gasteiger partial charge in [-0.05, 0) is 36.6 Å². The van der Waals surface area contributed by atoms with Crippen LogP contribution in [0.4, 0.5) is 15.6 Å². The van der Waals surface area contributed by atoms with Crippen LogP contribution in [0.5, 0.6) is 0 Å². The van der Waals surface area contributed by atoms with Crippen molar-refractivity contribution in [3.63, 3.8) is 0 Å². The van der Waals surface area contributed by atoms with Gasteiger partial charge < -0.3 is 4.90 Å². The Kier molecular flexibility index (Phi) is 6.13. The number of thiazole rings is 1. The Hall–Kier alpha value is -2.65. The molecule has 2 amide bonds. The van der Waals surface area contributed by atoms with Gasteiger partial charge in [0.1, 0.15) is 0 Å². The Morgan fingerprint density at radius 2 is 1.72 bits per heavy atom. The molecule has 7 nitrogen and oxygen atoms in total. The number of urea groups is 1. The first-order valence-electron chi connectivity index (χ1n) is 10.8. The van der Waals surface area contributed by atoms with Crippen LogP contribution in [-0.2, 0) is 15.4 Å². The van der Waals surface area contributed by atoms with Crippen LogP contribution in [0.15, 0.2) is 48.5 Å². The number of carbonyl (C=O) groups excluding carboxylic acids is 1. The van der Waals surface area contributed by atoms with E-state index in [0.717, 1.165) is 34.3 Å². The summed E-state index contributed by atoms with van der Waals surface area (Å²) in [7, 11) is -3.34. The number of nitrogens with zero attached hydrogens (tertiary/aromatic N) is 3. The van der Waals surface area contributed by atoms with Gasteiger partial charge in [-0.15, -0.1) is 0 Å². The summed E-state index contributed by atoms with van der Waals surface area (Å²) in [5.74, 6) is 0. The highest BCUT2D eigenvalue weighted by Crippen LogP contribution is 2.47. The molecule has 2 aromatic carbocycles. The number of anilines is 2. The molecule has 5 rings (SSSR count). The van der Waals surface area contributed by atoms with E-state index >= 15 is 0 Å². The number of sulfonamides is 1. The van der Waals surface area contributed by atoms with E-state index in [4.69, 9.17) is 0 Å². The number of fused-ring (bicyclic) bond motifs is 3. The molecule has 32 heavy (non-hydrogen) atoms. The lowest BCUT2D eigenvalue weighted by atomic mass is 9.74. The zero-order chi connectivity index (χ0) is 22.9. The molecule has 3 heterocycles. The first kappa shape index (κ1) is 22.5. The molecule has 0 atom stereocenters. The lowest BCUT2D eigenvalue weighted by Crippen LogP contribution is -2.48. The van der Waals surface area contributed by atoms with Gasteiger partial charge in [-0.3, -0.25) is 9.62 Å². The summed E-state index contributed by atoms with van der Waals surface area (Å²) in [6.07, 6.45) is 2.70. The largest absolute Gasteiger partial charge is 0.324 e. The second-order valence-electron chi connectivity index (χ2n) is 7.97. The molecule has 1 aromatic heterocycles. The highest BCUT2D eigenvalue weighted by Gasteiger charge is 2.47. The Morgan fingerprint density at radius 3 is 2.41 bits per heavy atom. The third-order valence-electron chi connectivity index (χ3n) is 6.11. The summed E-state index contributed by atoms with van der Waals surface area (Å²) < 4.78 is 27.2. The van der Waals surface area contributed by atoms with Crippen LogP contribution in [-0.4, -0.2) is 50.2 Å². The molecule has 0 radical (unpaired) electrons. The highest BCUT2D eigenvalue weighted by molar-refractivity contribution is 7.92. The fraction of sp³-hybridized carbons (Fsp3) is 0.391. The molecule has 1 fully saturated rings. The fourth-order valence-electron chi connectivity index (χ4n) is 4.54. The number of rotatable bonds is 2. The summed E-state index contributed by atoms with van der Waals surface area (Å²) in [6, 6.07) is 15.4. The van der Waals surface area contributed by atoms with Crippen molar-refractivity contribution in [1.82, 2.24) is 9.88 Å². The minimum atomic E-state index is -3.34. The van der Waals surface area contributed by atoms with Crippen LogP contribution < -0.4 is 9.62 Å². The van der Waals surface area contributed by atoms with Crippen molar-refractivity contribution in [1.29, 1.82) is 0 Å². The number of carbonyl (C=O) groups is 1. The van der Waals surface area contributed by atoms with Gasteiger partial charge in [0.25, 0.3) is 0 Å². The first-order chi connectivity index (χ1) is 15.4. The number of likely N-dealkylation sites (tertiary alicyclic amines) is 1. The second kappa shape index (κ2) is 8.71. The van der Waals surface area contributed by atoms with Gasteiger partial charge in [0.05, 0.1) is 22.2 Å². The molecule has 0 aliphatic carbocycles. The standard InChI is InChI=1S/C21H22N4O3S2.C2H6/c1-30(27,28)25-14-21(15-6-2-4-8-17(15)25)10-12-24(13-11-21)20(26)23-19-22-16-7-3-5-9-18(16)29-19;1-2/h2-9H,10-14H2,1H3,(H,22,23,26);1-2H3. The number of piperidine rings is 1. The van der Waals surface area contributed by atoms with Crippen LogP contribution >= 0.6 is 11.3 Å². The predicted octanol–water partition coefficient (Wildman–Crippen LogP) is 4.67. The van der Waals surface area contributed by atoms with Crippen LogP contribution in [0.3, 0.4) is 0 Å². The minimum Gasteiger partial charge on any atom is -0.324 e. The summed E-state index contributed by atoms with van der Waals surface area (Å²) in [5, 5.41) is 3.51. The van der Waals surface area contributed by atoms with Crippen molar-refractivity contribution in [3.05, 3.63) is 54.1 Å². The topological polar surface area (TPSA) is 82.6 Å². The van der Waals surface area contributed by atoms with Gasteiger partial charge in [-0.1, -0.05) is 55.5 Å². The van der Waals surface area contributed by atoms with E-state index < -0.39 is 10.0 Å². The van der Waals surface area contributed by atoms with Crippen molar-refractivity contribution in [2.45, 2.75) is 32.1 Å². The van der Waals surface area contributed by atoms with Gasteiger partial charge in [-0.2, -0.15) is 0 Å². The van der Waals surface area contributed by atoms with E-state index in [1.165, 1.54) is 21.9 Å². The average Bonchev–Trinajstić information content (AvgIpc) is 3.35. The van der Waals surface area contributed by atoms with E-state index in [-0.39, 0.29) is 11.4 Å². The lowest BCUT2D eigenvalue weighted by Gasteiger charge is -2.39. The van der Waals surface area contributed by atoms with Crippen molar-refractivity contribution in [2.75, 3.05) is 35.5 Å². The SMILES string of the molecule is CC.CS(=O)(=O)N1CC2(CCN(C(=O)Nc3nc4ccccc4s3)CC2)c2ccccc21. The van der Waals surface area contributed by atoms with Gasteiger partial charge in [-0.25, -0.2) is 18.2 Å². The molecule has 1 N–H and O–H groups in total. The molecule has 170 valence electrons. The zero-order valence-electron chi connectivity index (χ0n) is 18.5. The van der Waals surface area contributed by atoms with Crippen molar-refractivity contribution >= 4 is 48.4 Å². The maximum absolute atomic E-state index is 12.8. The number of nitrogens with one attached hydrogen (secondary N) is 1. The summed E-state index contributed by atoms with van der Waals surface area (Å²) in [4.78, 5) is 19.1. The monoisotopic (exact) mass is 472 g/mol. The fourth-order valence-corrected chi connectivity index (χ4v) is 6.40. The lowest BCUT2D eigenvalue weighted by molar-refractivity contribution is 0.173. The van der Waals surface area contributed by atoms with Gasteiger partial charge in [0, 0.05) is 25.0 Å². The molecule has 2 aliphatic rings. The number of hydrogen-bond acceptors (Lipinski definition) is 5. The molecule has 1 spiro atoms. The van der Waals surface area contributed by atoms with Crippen LogP contribution in [0.25, 0.3) is 10.2 Å². The molecule has 9 heteroatoms. The van der Waals surface area contributed by atoms with Crippen LogP contribution in [0, 0.1) is 0 Å². The van der Waals surface area contributed by atoms with Gasteiger partial charge in [0.15, 0.2) is 5.13 Å². The molecule has 1 saturated heterocycles. The minimum absolute atomic E-state index is 0.157. The Balaban J connectivity index is 0.00000119. The van der Waals surface area contributed by atoms with Crippen LogP contribution in [0.2, 0.25) is 0 Å². The third-order valence-corrected chi connectivity index (χ3v) is 8.18. The zero-order valence-corrected chi connectivity index (χ0v) is 20.2. The van der Waals surface area contributed by atoms with E-state index in [1.54, 1.807) is 4.90 Å². The summed E-state index contributed by atoms with van der Waals surface area (Å²) in [6.45, 7) is 5.59. The van der Waals surface area contributed by atoms with E-state index in [0.29, 0.717) is 24.8 Å². The number of amides is 2. The van der Waals surface area contributed by atoms with E-state index in [2.05, 4.69) is 10.3 Å². The summed E-state index contributed by atoms with van der Waals surface area (Å²) in [5.41, 5.74) is 2.47. The third kappa shape index (κ3) is 4.06. The van der Waals surface area contributed by atoms with E-state index in [9.17, 15) is 13.2 Å². The Labute approximate surface area is 193 Å². The number of hydrogen-bond donors (Lipinski definition) is 1. The summed E-state index contributed by atoms with van der Waals surface area (Å²) >= 11 is 1.46. The van der Waals surface area contributed by atoms with Crippen molar-refractivity contribution < 1.29 is 13.2 Å². The van der Waals surface area contributed by atoms with Crippen molar-refractivity contribution in [3.8, 4) is 0 Å². The Morgan fingerprint density at radius 1 is 1.06 bits per heavy atom. The number of para-hydroxylation sites is 2. The maximum Gasteiger partial charge on any atom is 0.323 e. The molecule has 0 unspecified atom stereocenters. The molecule has 2 aliphatic heterocycles. The van der Waals surface area contributed by atoms with Gasteiger partial charge in [0.2, 0.25) is 10.0 Å². The maximum atomic E-state index is 12.8. The molecular formula is C23H28N4O3S2. The first-order valence-corrected chi connectivity index (χ1v) is 13.5. The predicted molar refractivity (Wildman–Crippen MR) is 131 cm³/mol. The molecular weight excluding hydrogens is 444 g/mol. The number of aromatic nitrogens is 1. The molecule has 3 aromatic rings. The van der Waals surface area contributed by atoms with E-state index in [1.807, 2.05) is 62.4 Å².